The normalized spacial score (nSPS) is 12.5. The Balaban J connectivity index is 1.69. The molecule has 0 heterocycles. The lowest BCUT2D eigenvalue weighted by molar-refractivity contribution is -0.525. The number of guanidine groups is 1. The molecule has 3 rings (SSSR count). The van der Waals surface area contributed by atoms with Crippen LogP contribution in [0.2, 0.25) is 0 Å². The summed E-state index contributed by atoms with van der Waals surface area (Å²) in [6.45, 7) is -0.590. The van der Waals surface area contributed by atoms with E-state index in [0.717, 1.165) is 0 Å². The number of nitrogens with one attached hydrogen (secondary N) is 5. The fourth-order valence-electron chi connectivity index (χ4n) is 4.42. The molecule has 17 nitrogen and oxygen atoms in total. The highest BCUT2D eigenvalue weighted by atomic mass is 32.2. The number of hydrogen-bond acceptors (Lipinski definition) is 10. The molecule has 0 aliphatic rings. The average Bonchev–Trinajstić information content (AvgIpc) is 3.10. The quantitative estimate of drug-likeness (QED) is 0.0250. The van der Waals surface area contributed by atoms with E-state index in [0.29, 0.717) is 11.1 Å². The molecule has 2 atom stereocenters. The molecule has 18 heteroatoms. The van der Waals surface area contributed by atoms with Gasteiger partial charge in [0.1, 0.15) is 18.7 Å². The molecule has 50 heavy (non-hydrogen) atoms. The summed E-state index contributed by atoms with van der Waals surface area (Å²) in [5.41, 5.74) is 8.44. The van der Waals surface area contributed by atoms with Crippen molar-refractivity contribution in [1.29, 1.82) is 0 Å². The Bertz CT molecular complexity index is 1730. The Morgan fingerprint density at radius 2 is 1.44 bits per heavy atom. The number of aliphatic imine (C=N–C) groups is 1. The largest absolute Gasteiger partial charge is 0.445 e. The van der Waals surface area contributed by atoms with E-state index in [-0.39, 0.29) is 50.4 Å². The second kappa shape index (κ2) is 19.8. The number of rotatable bonds is 19. The van der Waals surface area contributed by atoms with Gasteiger partial charge in [0.05, 0.1) is 4.90 Å². The van der Waals surface area contributed by atoms with E-state index in [4.69, 9.17) is 10.5 Å². The smallest absolute Gasteiger partial charge is 0.408 e. The molecule has 3 aromatic rings. The summed E-state index contributed by atoms with van der Waals surface area (Å²) in [6, 6.07) is 22.3. The molecular weight excluding hydrogens is 672 g/mol. The van der Waals surface area contributed by atoms with Crippen LogP contribution in [0.25, 0.3) is 0 Å². The molecule has 0 bridgehead atoms. The Morgan fingerprint density at radius 1 is 0.840 bits per heavy atom. The summed E-state index contributed by atoms with van der Waals surface area (Å²) in [5, 5.41) is 17.1. The number of ketones is 1. The van der Waals surface area contributed by atoms with Gasteiger partial charge in [-0.05, 0) is 36.1 Å². The van der Waals surface area contributed by atoms with Crippen LogP contribution >= 0.6 is 0 Å². The van der Waals surface area contributed by atoms with E-state index < -0.39 is 56.8 Å². The first kappa shape index (κ1) is 38.6. The van der Waals surface area contributed by atoms with Crippen molar-refractivity contribution in [2.24, 2.45) is 10.7 Å². The first-order chi connectivity index (χ1) is 23.9. The van der Waals surface area contributed by atoms with E-state index in [2.05, 4.69) is 25.7 Å². The second-order valence-electron chi connectivity index (χ2n) is 10.6. The van der Waals surface area contributed by atoms with Crippen molar-refractivity contribution < 1.29 is 37.4 Å². The third kappa shape index (κ3) is 13.7. The minimum absolute atomic E-state index is 0.0312. The molecule has 7 N–H and O–H groups in total. The molecule has 0 fully saturated rings. The number of nitro groups is 1. The number of ether oxygens (including phenoxy) is 1. The van der Waals surface area contributed by atoms with E-state index in [1.54, 1.807) is 84.3 Å². The fourth-order valence-corrected chi connectivity index (χ4v) is 5.47. The van der Waals surface area contributed by atoms with E-state index in [1.807, 2.05) is 0 Å². The predicted octanol–water partition coefficient (Wildman–Crippen LogP) is 0.549. The average molecular weight is 711 g/mol. The molecule has 0 unspecified atom stereocenters. The number of carbonyl (C=O) groups is 4. The van der Waals surface area contributed by atoms with Gasteiger partial charge in [0, 0.05) is 26.1 Å². The summed E-state index contributed by atoms with van der Waals surface area (Å²) in [5.74, 6) is -3.36. The van der Waals surface area contributed by atoms with E-state index >= 15 is 0 Å². The maximum absolute atomic E-state index is 13.6. The fraction of sp³-hybridized carbons (Fsp3) is 0.281. The van der Waals surface area contributed by atoms with Crippen LogP contribution in [0, 0.1) is 10.1 Å². The third-order valence-corrected chi connectivity index (χ3v) is 8.33. The number of Topliss-reactive ketones (excluding diaryl/α,β-unsaturated/α-hetero) is 1. The van der Waals surface area contributed by atoms with Gasteiger partial charge in [-0.2, -0.15) is 0 Å². The van der Waals surface area contributed by atoms with Gasteiger partial charge in [0.15, 0.2) is 5.03 Å². The lowest BCUT2D eigenvalue weighted by atomic mass is 10.0. The van der Waals surface area contributed by atoms with Crippen LogP contribution in [0.1, 0.15) is 24.0 Å². The lowest BCUT2D eigenvalue weighted by Gasteiger charge is -2.23. The van der Waals surface area contributed by atoms with Gasteiger partial charge in [-0.15, -0.1) is 0 Å². The number of hydrogen-bond donors (Lipinski definition) is 6. The number of carbonyl (C=O) groups excluding carboxylic acids is 4. The SMILES string of the molecule is NC(=NCCC[C@H](NC(=O)OCc1ccccc1)C(=O)N[C@@H](Cc1ccccc1)C(=O)C(=O)NCCNS(=O)(=O)c1ccccc1)N[N+](=O)[O-]. The van der Waals surface area contributed by atoms with E-state index in [9.17, 15) is 37.7 Å². The minimum Gasteiger partial charge on any atom is -0.445 e. The van der Waals surface area contributed by atoms with Crippen LogP contribution in [-0.4, -0.2) is 74.8 Å². The maximum atomic E-state index is 13.6. The predicted molar refractivity (Wildman–Crippen MR) is 181 cm³/mol. The van der Waals surface area contributed by atoms with Crippen LogP contribution in [0.5, 0.6) is 0 Å². The number of alkyl carbamates (subject to hydrolysis) is 1. The third-order valence-electron chi connectivity index (χ3n) is 6.86. The number of benzene rings is 3. The number of nitrogens with zero attached hydrogens (tertiary/aromatic N) is 2. The summed E-state index contributed by atoms with van der Waals surface area (Å²) < 4.78 is 32.5. The summed E-state index contributed by atoms with van der Waals surface area (Å²) >= 11 is 0. The van der Waals surface area contributed by atoms with Gasteiger partial charge in [-0.1, -0.05) is 84.3 Å². The number of amides is 3. The zero-order valence-corrected chi connectivity index (χ0v) is 27.6. The van der Waals surface area contributed by atoms with E-state index in [1.165, 1.54) is 12.1 Å². The molecule has 3 aromatic carbocycles. The Hall–Kier alpha value is -5.88. The van der Waals surface area contributed by atoms with Gasteiger partial charge in [-0.3, -0.25) is 14.4 Å². The summed E-state index contributed by atoms with van der Waals surface area (Å²) in [7, 11) is -3.85. The first-order valence-electron chi connectivity index (χ1n) is 15.3. The van der Waals surface area contributed by atoms with Gasteiger partial charge >= 0.3 is 6.09 Å². The molecule has 0 aromatic heterocycles. The molecule has 0 spiro atoms. The highest BCUT2D eigenvalue weighted by molar-refractivity contribution is 7.89. The van der Waals surface area contributed by atoms with Crippen LogP contribution in [0.15, 0.2) is 101 Å². The van der Waals surface area contributed by atoms with Crippen LogP contribution in [-0.2, 0) is 42.2 Å². The first-order valence-corrected chi connectivity index (χ1v) is 16.8. The number of sulfonamides is 1. The molecule has 0 radical (unpaired) electrons. The molecule has 0 saturated heterocycles. The van der Waals surface area contributed by atoms with Gasteiger partial charge in [0.2, 0.25) is 21.7 Å². The minimum atomic E-state index is -3.85. The standard InChI is InChI=1S/C32H38N8O9S/c33-31(39-40(45)46)35-18-10-17-26(38-32(44)49-22-24-13-6-2-7-14-24)29(42)37-27(21-23-11-4-1-5-12-23)28(41)30(43)34-19-20-36-50(47,48)25-15-8-3-9-16-25/h1-9,11-16,26-27,36H,10,17-22H2,(H,34,43)(H,37,42)(H,38,44)(H3,33,35,39)/t26-,27-/m0/s1. The van der Waals surface area contributed by atoms with Crippen molar-refractivity contribution in [3.63, 3.8) is 0 Å². The number of hydrazine groups is 1. The zero-order chi connectivity index (χ0) is 36.4. The topological polar surface area (TPSA) is 253 Å². The summed E-state index contributed by atoms with van der Waals surface area (Å²) in [6.07, 6.45) is -0.957. The van der Waals surface area contributed by atoms with Crippen molar-refractivity contribution in [3.05, 3.63) is 112 Å². The Labute approximate surface area is 288 Å². The van der Waals surface area contributed by atoms with Crippen LogP contribution in [0.3, 0.4) is 0 Å². The van der Waals surface area contributed by atoms with Gasteiger partial charge in [0.25, 0.3) is 11.9 Å². The molecule has 0 aliphatic heterocycles. The Kier molecular flexibility index (Phi) is 15.3. The van der Waals surface area contributed by atoms with Crippen LogP contribution in [0.4, 0.5) is 4.79 Å². The lowest BCUT2D eigenvalue weighted by Crippen LogP contribution is -2.55. The van der Waals surface area contributed by atoms with Gasteiger partial charge < -0.3 is 26.4 Å². The molecule has 266 valence electrons. The highest BCUT2D eigenvalue weighted by Crippen LogP contribution is 2.09. The molecule has 0 aliphatic carbocycles. The van der Waals surface area contributed by atoms with Crippen molar-refractivity contribution in [2.75, 3.05) is 19.6 Å². The van der Waals surface area contributed by atoms with Crippen molar-refractivity contribution in [3.8, 4) is 0 Å². The van der Waals surface area contributed by atoms with Crippen molar-refractivity contribution in [1.82, 2.24) is 26.1 Å². The second-order valence-corrected chi connectivity index (χ2v) is 12.4. The maximum Gasteiger partial charge on any atom is 0.408 e. The monoisotopic (exact) mass is 710 g/mol. The highest BCUT2D eigenvalue weighted by Gasteiger charge is 2.30. The van der Waals surface area contributed by atoms with Crippen molar-refractivity contribution >= 4 is 39.7 Å². The molecular formula is C32H38N8O9S. The number of nitrogens with two attached hydrogens (primary N) is 1. The summed E-state index contributed by atoms with van der Waals surface area (Å²) in [4.78, 5) is 66.9. The zero-order valence-electron chi connectivity index (χ0n) is 26.8. The van der Waals surface area contributed by atoms with Crippen molar-refractivity contribution in [2.45, 2.75) is 42.8 Å². The Morgan fingerprint density at radius 3 is 2.06 bits per heavy atom. The van der Waals surface area contributed by atoms with Gasteiger partial charge in [-0.25, -0.2) is 33.0 Å². The van der Waals surface area contributed by atoms with Crippen LogP contribution < -0.4 is 31.8 Å². The molecule has 0 saturated carbocycles. The molecule has 3 amide bonds.